The number of piperidine rings is 1. The molecular formula is C29H38N4O12. The molecule has 45 heavy (non-hydrogen) atoms. The van der Waals surface area contributed by atoms with Gasteiger partial charge in [0.25, 0.3) is 5.91 Å². The molecule has 0 aromatic heterocycles. The highest BCUT2D eigenvalue weighted by Gasteiger charge is 2.70. The van der Waals surface area contributed by atoms with Crippen LogP contribution >= 0.6 is 0 Å². The molecule has 0 bridgehead atoms. The molecule has 5 rings (SSSR count). The van der Waals surface area contributed by atoms with E-state index in [2.05, 4.69) is 5.32 Å². The molecule has 1 aromatic carbocycles. The summed E-state index contributed by atoms with van der Waals surface area (Å²) in [7, 11) is 2.83. The second-order valence-electron chi connectivity index (χ2n) is 12.4. The van der Waals surface area contributed by atoms with Crippen molar-refractivity contribution in [1.29, 1.82) is 0 Å². The van der Waals surface area contributed by atoms with Crippen molar-refractivity contribution < 1.29 is 60.3 Å². The van der Waals surface area contributed by atoms with Crippen LogP contribution in [0.5, 0.6) is 5.75 Å². The second kappa shape index (κ2) is 11.7. The number of ketones is 2. The van der Waals surface area contributed by atoms with Gasteiger partial charge in [-0.05, 0) is 45.5 Å². The number of carbonyl (C=O) groups is 3. The third-order valence-corrected chi connectivity index (χ3v) is 9.59. The van der Waals surface area contributed by atoms with Crippen molar-refractivity contribution >= 4 is 23.2 Å². The lowest BCUT2D eigenvalue weighted by atomic mass is 9.53. The molecule has 0 spiro atoms. The third kappa shape index (κ3) is 5.02. The largest absolute Gasteiger partial charge is 0.508 e. The Morgan fingerprint density at radius 3 is 2.47 bits per heavy atom. The first kappa shape index (κ1) is 32.9. The summed E-state index contributed by atoms with van der Waals surface area (Å²) in [5, 5.41) is 88.6. The standard InChI is InChI=1S/C29H38N4O12/c1-28(41)14-8-6-9-15(34)16(14)22(35)17-19(28)24(37)20-21(31(2)3)23(36)18(26(39)29(20,42)25(17)38)27(40)30-12-32-10-5-4-7-13(32)11-45-33(43)44/h6,8-9,13,19-21,24,34-35,37,39,41-44H,4-5,7,10-12H2,1-3H3,(H,30,40)/t13?,19-,20-,21+,24+,28?,29+/m1/s1. The molecule has 1 saturated heterocycles. The van der Waals surface area contributed by atoms with Crippen LogP contribution in [0.25, 0.3) is 5.76 Å². The minimum absolute atomic E-state index is 0.0125. The number of aliphatic hydroxyl groups excluding tert-OH is 3. The Bertz CT molecular complexity index is 1470. The minimum Gasteiger partial charge on any atom is -0.508 e. The number of phenolic OH excluding ortho intramolecular Hbond substituents is 1. The van der Waals surface area contributed by atoms with E-state index in [1.54, 1.807) is 4.90 Å². The van der Waals surface area contributed by atoms with Crippen LogP contribution in [-0.2, 0) is 24.8 Å². The molecule has 7 atom stereocenters. The van der Waals surface area contributed by atoms with Gasteiger partial charge in [0.2, 0.25) is 5.78 Å². The van der Waals surface area contributed by atoms with Gasteiger partial charge in [-0.3, -0.25) is 34.6 Å². The third-order valence-electron chi connectivity index (χ3n) is 9.59. The maximum atomic E-state index is 14.2. The molecular weight excluding hydrogens is 596 g/mol. The SMILES string of the molecule is CN(C)[C@@H]1C(=O)C(C(=O)NCN2CCCCC2CON(O)O)=C(O)[C@@]2(O)C(=O)C3=C(O)c4c(O)cccc4C(C)(O)[C@H]3[C@H](O)[C@@H]12. The van der Waals surface area contributed by atoms with Crippen molar-refractivity contribution in [2.24, 2.45) is 11.8 Å². The molecule has 16 heteroatoms. The molecule has 246 valence electrons. The number of fused-ring (bicyclic) bond motifs is 3. The van der Waals surface area contributed by atoms with Gasteiger partial charge in [-0.2, -0.15) is 0 Å². The number of nitrogens with zero attached hydrogens (tertiary/aromatic N) is 3. The first-order valence-electron chi connectivity index (χ1n) is 14.5. The Kier molecular flexibility index (Phi) is 8.58. The summed E-state index contributed by atoms with van der Waals surface area (Å²) in [4.78, 5) is 49.4. The summed E-state index contributed by atoms with van der Waals surface area (Å²) in [6, 6.07) is 2.09. The molecule has 1 heterocycles. The molecule has 4 aliphatic rings. The van der Waals surface area contributed by atoms with Crippen LogP contribution in [0.15, 0.2) is 35.1 Å². The van der Waals surface area contributed by atoms with Gasteiger partial charge in [-0.25, -0.2) is 4.84 Å². The number of hydrogen-bond acceptors (Lipinski definition) is 15. The number of rotatable bonds is 7. The number of hydrogen-bond donors (Lipinski definition) is 9. The van der Waals surface area contributed by atoms with E-state index >= 15 is 0 Å². The summed E-state index contributed by atoms with van der Waals surface area (Å²) in [6.45, 7) is 1.43. The smallest absolute Gasteiger partial charge is 0.259 e. The van der Waals surface area contributed by atoms with Crippen LogP contribution in [0.2, 0.25) is 0 Å². The number of benzene rings is 1. The van der Waals surface area contributed by atoms with Gasteiger partial charge in [0.05, 0.1) is 59.4 Å². The molecule has 1 amide bonds. The summed E-state index contributed by atoms with van der Waals surface area (Å²) < 4.78 is 0. The number of amides is 1. The van der Waals surface area contributed by atoms with Crippen molar-refractivity contribution in [2.45, 2.75) is 55.6 Å². The van der Waals surface area contributed by atoms with E-state index in [0.29, 0.717) is 13.0 Å². The van der Waals surface area contributed by atoms with Crippen molar-refractivity contribution in [1.82, 2.24) is 20.5 Å². The van der Waals surface area contributed by atoms with Gasteiger partial charge < -0.3 is 36.0 Å². The normalized spacial score (nSPS) is 33.8. The molecule has 16 nitrogen and oxygen atoms in total. The Hall–Kier alpha value is -3.45. The van der Waals surface area contributed by atoms with Crippen molar-refractivity contribution in [3.8, 4) is 5.75 Å². The summed E-state index contributed by atoms with van der Waals surface area (Å²) in [6.07, 6.45) is 0.224. The number of aromatic hydroxyl groups is 1. The predicted octanol–water partition coefficient (Wildman–Crippen LogP) is -0.945. The monoisotopic (exact) mass is 634 g/mol. The van der Waals surface area contributed by atoms with Gasteiger partial charge in [0.15, 0.2) is 11.4 Å². The van der Waals surface area contributed by atoms with Crippen molar-refractivity contribution in [3.05, 3.63) is 46.2 Å². The number of carbonyl (C=O) groups excluding carboxylic acids is 3. The zero-order valence-corrected chi connectivity index (χ0v) is 24.9. The van der Waals surface area contributed by atoms with E-state index < -0.39 is 86.5 Å². The quantitative estimate of drug-likeness (QED) is 0.130. The predicted molar refractivity (Wildman–Crippen MR) is 151 cm³/mol. The maximum Gasteiger partial charge on any atom is 0.259 e. The van der Waals surface area contributed by atoms with E-state index in [1.807, 2.05) is 0 Å². The molecule has 2 fully saturated rings. The fourth-order valence-corrected chi connectivity index (χ4v) is 7.45. The highest BCUT2D eigenvalue weighted by Crippen LogP contribution is 2.57. The fourth-order valence-electron chi connectivity index (χ4n) is 7.45. The number of Topliss-reactive ketones (excluding diaryl/α,β-unsaturated/α-hetero) is 2. The van der Waals surface area contributed by atoms with Gasteiger partial charge in [0, 0.05) is 12.6 Å². The molecule has 1 aromatic rings. The lowest BCUT2D eigenvalue weighted by Gasteiger charge is -2.55. The van der Waals surface area contributed by atoms with Crippen LogP contribution < -0.4 is 5.32 Å². The van der Waals surface area contributed by atoms with E-state index in [4.69, 9.17) is 15.3 Å². The Morgan fingerprint density at radius 1 is 1.13 bits per heavy atom. The van der Waals surface area contributed by atoms with Gasteiger partial charge >= 0.3 is 0 Å². The Morgan fingerprint density at radius 2 is 1.82 bits per heavy atom. The first-order valence-corrected chi connectivity index (χ1v) is 14.5. The van der Waals surface area contributed by atoms with Crippen LogP contribution in [0.4, 0.5) is 0 Å². The van der Waals surface area contributed by atoms with Crippen molar-refractivity contribution in [2.75, 3.05) is 33.9 Å². The number of phenols is 1. The van der Waals surface area contributed by atoms with E-state index in [1.165, 1.54) is 44.1 Å². The summed E-state index contributed by atoms with van der Waals surface area (Å²) in [5.41, 5.74) is -7.13. The number of likely N-dealkylation sites (N-methyl/N-ethyl adjacent to an activating group) is 1. The number of likely N-dealkylation sites (tertiary alicyclic amines) is 1. The van der Waals surface area contributed by atoms with Gasteiger partial charge in [0.1, 0.15) is 22.8 Å². The first-order chi connectivity index (χ1) is 21.1. The molecule has 2 unspecified atom stereocenters. The van der Waals surface area contributed by atoms with Crippen LogP contribution in [0.3, 0.4) is 0 Å². The molecule has 1 aliphatic heterocycles. The second-order valence-corrected chi connectivity index (χ2v) is 12.4. The Balaban J connectivity index is 1.57. The average Bonchev–Trinajstić information content (AvgIpc) is 2.97. The molecule has 1 saturated carbocycles. The van der Waals surface area contributed by atoms with Crippen LogP contribution in [0, 0.1) is 11.8 Å². The lowest BCUT2D eigenvalue weighted by molar-refractivity contribution is -0.494. The zero-order chi connectivity index (χ0) is 33.2. The molecule has 3 aliphatic carbocycles. The topological polar surface area (TPSA) is 244 Å². The highest BCUT2D eigenvalue weighted by molar-refractivity contribution is 6.25. The van der Waals surface area contributed by atoms with Crippen molar-refractivity contribution in [3.63, 3.8) is 0 Å². The van der Waals surface area contributed by atoms with E-state index in [0.717, 1.165) is 12.8 Å². The summed E-state index contributed by atoms with van der Waals surface area (Å²) >= 11 is 0. The highest BCUT2D eigenvalue weighted by atomic mass is 17.1. The van der Waals surface area contributed by atoms with Gasteiger partial charge in [-0.1, -0.05) is 18.6 Å². The Labute approximate surface area is 257 Å². The fraction of sp³-hybridized carbons (Fsp3) is 0.552. The van der Waals surface area contributed by atoms with Crippen LogP contribution in [0.1, 0.15) is 37.3 Å². The average molecular weight is 635 g/mol. The number of nitrogens with one attached hydrogen (secondary N) is 1. The number of aliphatic hydroxyl groups is 5. The lowest BCUT2D eigenvalue weighted by Crippen LogP contribution is -2.72. The van der Waals surface area contributed by atoms with E-state index in [9.17, 15) is 45.0 Å². The summed E-state index contributed by atoms with van der Waals surface area (Å²) in [5.74, 6) is -9.55. The molecule has 9 N–H and O–H groups in total. The van der Waals surface area contributed by atoms with Crippen LogP contribution in [-0.4, -0.2) is 131 Å². The van der Waals surface area contributed by atoms with E-state index in [-0.39, 0.29) is 30.4 Å². The minimum atomic E-state index is -3.10. The maximum absolute atomic E-state index is 14.2. The zero-order valence-electron chi connectivity index (χ0n) is 24.9. The molecule has 0 radical (unpaired) electrons. The van der Waals surface area contributed by atoms with Gasteiger partial charge in [-0.15, -0.1) is 0 Å².